The molecule has 0 bridgehead atoms. The number of benzene rings is 1. The Morgan fingerprint density at radius 3 is 2.91 bits per heavy atom. The van der Waals surface area contributed by atoms with Gasteiger partial charge in [0.15, 0.2) is 0 Å². The summed E-state index contributed by atoms with van der Waals surface area (Å²) in [7, 11) is 0. The van der Waals surface area contributed by atoms with E-state index in [0.29, 0.717) is 5.56 Å². The molecule has 0 aliphatic heterocycles. The number of halogens is 2. The molecule has 0 fully saturated rings. The van der Waals surface area contributed by atoms with Gasteiger partial charge < -0.3 is 0 Å². The van der Waals surface area contributed by atoms with Gasteiger partial charge in [-0.05, 0) is 36.5 Å². The van der Waals surface area contributed by atoms with Crippen LogP contribution in [0.3, 0.4) is 0 Å². The first-order valence-corrected chi connectivity index (χ1v) is 3.66. The van der Waals surface area contributed by atoms with Crippen molar-refractivity contribution in [3.8, 4) is 0 Å². The van der Waals surface area contributed by atoms with Crippen LogP contribution in [0.15, 0.2) is 6.07 Å². The summed E-state index contributed by atoms with van der Waals surface area (Å²) >= 11 is 0. The van der Waals surface area contributed by atoms with Crippen LogP contribution in [0, 0.1) is 17.7 Å². The van der Waals surface area contributed by atoms with Crippen molar-refractivity contribution in [3.63, 3.8) is 0 Å². The Bertz CT molecular complexity index is 292. The summed E-state index contributed by atoms with van der Waals surface area (Å²) in [5, 5.41) is 0. The summed E-state index contributed by atoms with van der Waals surface area (Å²) < 4.78 is 25.4. The maximum Gasteiger partial charge on any atom is 0.137 e. The highest BCUT2D eigenvalue weighted by Gasteiger charge is 2.16. The van der Waals surface area contributed by atoms with E-state index in [0.717, 1.165) is 24.8 Å². The summed E-state index contributed by atoms with van der Waals surface area (Å²) in [5.41, 5.74) is 1.48. The van der Waals surface area contributed by atoms with Crippen molar-refractivity contribution in [1.29, 1.82) is 0 Å². The average Bonchev–Trinajstić information content (AvgIpc) is 2.34. The standard InChI is InChI=1S/C9H7F2/c10-7-4-6-2-1-3-8(6)9(11)5-7/h4H,1-3H2. The van der Waals surface area contributed by atoms with Crippen molar-refractivity contribution in [3.05, 3.63) is 34.9 Å². The summed E-state index contributed by atoms with van der Waals surface area (Å²) in [4.78, 5) is 0. The van der Waals surface area contributed by atoms with Gasteiger partial charge in [0.25, 0.3) is 0 Å². The molecule has 1 aromatic carbocycles. The third-order valence-corrected chi connectivity index (χ3v) is 2.06. The molecule has 0 aromatic heterocycles. The van der Waals surface area contributed by atoms with E-state index in [1.165, 1.54) is 6.07 Å². The predicted octanol–water partition coefficient (Wildman–Crippen LogP) is 2.25. The van der Waals surface area contributed by atoms with E-state index in [4.69, 9.17) is 0 Å². The lowest BCUT2D eigenvalue weighted by Crippen LogP contribution is -1.90. The van der Waals surface area contributed by atoms with Crippen molar-refractivity contribution in [2.24, 2.45) is 0 Å². The van der Waals surface area contributed by atoms with Crippen LogP contribution in [-0.4, -0.2) is 0 Å². The molecule has 0 spiro atoms. The van der Waals surface area contributed by atoms with Crippen LogP contribution in [0.4, 0.5) is 8.78 Å². The zero-order valence-electron chi connectivity index (χ0n) is 5.95. The number of hydrogen-bond donors (Lipinski definition) is 0. The monoisotopic (exact) mass is 153 g/mol. The Morgan fingerprint density at radius 1 is 1.27 bits per heavy atom. The second kappa shape index (κ2) is 2.29. The summed E-state index contributed by atoms with van der Waals surface area (Å²) in [6.45, 7) is 0. The van der Waals surface area contributed by atoms with Crippen LogP contribution in [0.2, 0.25) is 0 Å². The Balaban J connectivity index is 2.60. The Morgan fingerprint density at radius 2 is 2.09 bits per heavy atom. The van der Waals surface area contributed by atoms with Crippen molar-refractivity contribution in [2.75, 3.05) is 0 Å². The topological polar surface area (TPSA) is 0 Å². The smallest absolute Gasteiger partial charge is 0.137 e. The minimum Gasteiger partial charge on any atom is -0.206 e. The van der Waals surface area contributed by atoms with Gasteiger partial charge in [0.1, 0.15) is 11.6 Å². The van der Waals surface area contributed by atoms with Gasteiger partial charge in [-0.3, -0.25) is 0 Å². The van der Waals surface area contributed by atoms with E-state index in [2.05, 4.69) is 0 Å². The second-order valence-electron chi connectivity index (χ2n) is 2.79. The quantitative estimate of drug-likeness (QED) is 0.536. The fourth-order valence-corrected chi connectivity index (χ4v) is 1.55. The molecule has 2 heteroatoms. The van der Waals surface area contributed by atoms with Crippen LogP contribution in [0.1, 0.15) is 17.5 Å². The van der Waals surface area contributed by atoms with Gasteiger partial charge in [0, 0.05) is 0 Å². The van der Waals surface area contributed by atoms with E-state index in [-0.39, 0.29) is 0 Å². The van der Waals surface area contributed by atoms with Crippen molar-refractivity contribution >= 4 is 0 Å². The van der Waals surface area contributed by atoms with Gasteiger partial charge in [-0.15, -0.1) is 0 Å². The van der Waals surface area contributed by atoms with Crippen molar-refractivity contribution in [2.45, 2.75) is 19.3 Å². The molecule has 0 atom stereocenters. The van der Waals surface area contributed by atoms with Crippen LogP contribution in [0.5, 0.6) is 0 Å². The SMILES string of the molecule is Fc1[c]c(F)c2c(c1)CCC2. The van der Waals surface area contributed by atoms with Crippen LogP contribution in [-0.2, 0) is 12.8 Å². The molecular weight excluding hydrogens is 146 g/mol. The number of fused-ring (bicyclic) bond motifs is 1. The number of aryl methyl sites for hydroxylation is 1. The predicted molar refractivity (Wildman–Crippen MR) is 37.2 cm³/mol. The molecule has 57 valence electrons. The highest BCUT2D eigenvalue weighted by atomic mass is 19.1. The molecule has 1 aromatic rings. The lowest BCUT2D eigenvalue weighted by Gasteiger charge is -1.98. The molecule has 0 nitrogen and oxygen atoms in total. The fraction of sp³-hybridized carbons (Fsp3) is 0.333. The van der Waals surface area contributed by atoms with E-state index in [1.807, 2.05) is 6.07 Å². The van der Waals surface area contributed by atoms with E-state index in [9.17, 15) is 8.78 Å². The molecule has 2 rings (SSSR count). The zero-order valence-corrected chi connectivity index (χ0v) is 5.95. The third kappa shape index (κ3) is 1.02. The molecule has 0 unspecified atom stereocenters. The second-order valence-corrected chi connectivity index (χ2v) is 2.79. The molecule has 0 amide bonds. The molecular formula is C9H7F2. The number of hydrogen-bond acceptors (Lipinski definition) is 0. The molecule has 1 aliphatic carbocycles. The van der Waals surface area contributed by atoms with Gasteiger partial charge in [-0.1, -0.05) is 0 Å². The van der Waals surface area contributed by atoms with Gasteiger partial charge in [0.2, 0.25) is 0 Å². The van der Waals surface area contributed by atoms with Crippen molar-refractivity contribution in [1.82, 2.24) is 0 Å². The summed E-state index contributed by atoms with van der Waals surface area (Å²) in [5.74, 6) is -1.08. The highest BCUT2D eigenvalue weighted by Crippen LogP contribution is 2.24. The fourth-order valence-electron chi connectivity index (χ4n) is 1.55. The Hall–Kier alpha value is -0.920. The van der Waals surface area contributed by atoms with Crippen LogP contribution < -0.4 is 0 Å². The van der Waals surface area contributed by atoms with Gasteiger partial charge in [-0.25, -0.2) is 8.78 Å². The van der Waals surface area contributed by atoms with Crippen molar-refractivity contribution < 1.29 is 8.78 Å². The van der Waals surface area contributed by atoms with Gasteiger partial charge in [-0.2, -0.15) is 0 Å². The normalized spacial score (nSPS) is 15.1. The van der Waals surface area contributed by atoms with E-state index in [1.54, 1.807) is 0 Å². The maximum atomic E-state index is 12.9. The molecule has 0 N–H and O–H groups in total. The average molecular weight is 153 g/mol. The lowest BCUT2D eigenvalue weighted by molar-refractivity contribution is 0.570. The minimum atomic E-state index is -0.580. The first kappa shape index (κ1) is 6.77. The van der Waals surface area contributed by atoms with E-state index < -0.39 is 11.6 Å². The van der Waals surface area contributed by atoms with Crippen LogP contribution in [0.25, 0.3) is 0 Å². The molecule has 0 saturated heterocycles. The summed E-state index contributed by atoms with van der Waals surface area (Å²) in [6.07, 6.45) is 2.47. The third-order valence-electron chi connectivity index (χ3n) is 2.06. The van der Waals surface area contributed by atoms with Gasteiger partial charge in [0.05, 0.1) is 6.07 Å². The molecule has 1 aliphatic rings. The highest BCUT2D eigenvalue weighted by molar-refractivity contribution is 5.32. The van der Waals surface area contributed by atoms with E-state index >= 15 is 0 Å². The first-order chi connectivity index (χ1) is 5.27. The van der Waals surface area contributed by atoms with Crippen LogP contribution >= 0.6 is 0 Å². The molecule has 0 saturated carbocycles. The number of rotatable bonds is 0. The molecule has 1 radical (unpaired) electrons. The molecule has 11 heavy (non-hydrogen) atoms. The minimum absolute atomic E-state index is 0.502. The first-order valence-electron chi connectivity index (χ1n) is 3.66. The van der Waals surface area contributed by atoms with Gasteiger partial charge >= 0.3 is 0 Å². The largest absolute Gasteiger partial charge is 0.206 e. The Labute approximate surface area is 63.9 Å². The maximum absolute atomic E-state index is 12.9. The summed E-state index contributed by atoms with van der Waals surface area (Å²) in [6, 6.07) is 3.42. The molecule has 0 heterocycles. The lowest BCUT2D eigenvalue weighted by atomic mass is 10.1. The zero-order chi connectivity index (χ0) is 7.84. The Kier molecular flexibility index (Phi) is 1.41.